The van der Waals surface area contributed by atoms with Gasteiger partial charge in [0.15, 0.2) is 0 Å². The van der Waals surface area contributed by atoms with Crippen molar-refractivity contribution in [1.29, 1.82) is 0 Å². The minimum absolute atomic E-state index is 0.0466. The number of likely N-dealkylation sites (N-methyl/N-ethyl adjacent to an activating group) is 1. The summed E-state index contributed by atoms with van der Waals surface area (Å²) in [6.45, 7) is 11.7. The van der Waals surface area contributed by atoms with Crippen LogP contribution in [0.4, 0.5) is 11.9 Å². The van der Waals surface area contributed by atoms with Crippen molar-refractivity contribution in [3.63, 3.8) is 0 Å². The highest BCUT2D eigenvalue weighted by Gasteiger charge is 2.30. The molecule has 4 aromatic heterocycles. The molecule has 1 saturated heterocycles. The third-order valence-electron chi connectivity index (χ3n) is 12.3. The molecule has 0 unspecified atom stereocenters. The van der Waals surface area contributed by atoms with Gasteiger partial charge in [-0.15, -0.1) is 0 Å². The van der Waals surface area contributed by atoms with Crippen LogP contribution in [0.15, 0.2) is 36.4 Å². The van der Waals surface area contributed by atoms with E-state index in [1.54, 1.807) is 57.7 Å². The van der Waals surface area contributed by atoms with Crippen LogP contribution in [0.5, 0.6) is 11.5 Å². The number of aryl methyl sites for hydroxylation is 5. The number of imidazole rings is 2. The largest absolute Gasteiger partial charge is 0.491 e. The number of nitrogens with one attached hydrogen (secondary N) is 2. The lowest BCUT2D eigenvalue weighted by molar-refractivity contribution is -0.131. The van der Waals surface area contributed by atoms with Gasteiger partial charge in [0.25, 0.3) is 11.8 Å². The molecular formula is C46H58N14O7. The van der Waals surface area contributed by atoms with Gasteiger partial charge in [-0.25, -0.2) is 9.97 Å². The van der Waals surface area contributed by atoms with E-state index in [0.717, 1.165) is 25.9 Å². The van der Waals surface area contributed by atoms with Crippen LogP contribution < -0.4 is 31.6 Å². The third kappa shape index (κ3) is 9.81. The van der Waals surface area contributed by atoms with E-state index in [2.05, 4.69) is 25.7 Å². The van der Waals surface area contributed by atoms with Crippen LogP contribution in [0.3, 0.4) is 0 Å². The van der Waals surface area contributed by atoms with Crippen molar-refractivity contribution in [1.82, 2.24) is 48.5 Å². The van der Waals surface area contributed by atoms with Crippen molar-refractivity contribution in [2.45, 2.75) is 91.9 Å². The molecule has 1 fully saturated rings. The van der Waals surface area contributed by atoms with Gasteiger partial charge in [-0.2, -0.15) is 10.2 Å². The molecule has 6 aromatic rings. The molecule has 8 rings (SSSR count). The number of hydrogen-bond donors (Lipinski definition) is 4. The Morgan fingerprint density at radius 3 is 2.01 bits per heavy atom. The average molecular weight is 919 g/mol. The number of carbonyl (C=O) groups excluding carboxylic acids is 5. The Morgan fingerprint density at radius 2 is 1.39 bits per heavy atom. The highest BCUT2D eigenvalue weighted by Crippen LogP contribution is 2.39. The molecule has 0 spiro atoms. The zero-order valence-corrected chi connectivity index (χ0v) is 38.6. The number of nitrogens with zero attached hydrogens (tertiary/aromatic N) is 10. The first kappa shape index (κ1) is 46.2. The smallest absolute Gasteiger partial charge is 0.276 e. The van der Waals surface area contributed by atoms with E-state index in [0.29, 0.717) is 108 Å². The van der Waals surface area contributed by atoms with E-state index in [4.69, 9.17) is 30.9 Å². The third-order valence-corrected chi connectivity index (χ3v) is 12.3. The van der Waals surface area contributed by atoms with Gasteiger partial charge in [0, 0.05) is 44.4 Å². The molecule has 67 heavy (non-hydrogen) atoms. The number of primary amides is 2. The second kappa shape index (κ2) is 19.7. The summed E-state index contributed by atoms with van der Waals surface area (Å²) in [5.41, 5.74) is 15.9. The topological polar surface area (TPSA) is 258 Å². The van der Waals surface area contributed by atoms with Crippen LogP contribution in [0.2, 0.25) is 0 Å². The predicted molar refractivity (Wildman–Crippen MR) is 249 cm³/mol. The Hall–Kier alpha value is -7.29. The first-order valence-electron chi connectivity index (χ1n) is 22.9. The molecule has 2 aromatic carbocycles. The summed E-state index contributed by atoms with van der Waals surface area (Å²) in [6.07, 6.45) is 4.86. The minimum atomic E-state index is -0.679. The zero-order chi connectivity index (χ0) is 47.5. The van der Waals surface area contributed by atoms with Crippen molar-refractivity contribution in [3.05, 3.63) is 70.3 Å². The maximum absolute atomic E-state index is 13.9. The maximum atomic E-state index is 13.9. The van der Waals surface area contributed by atoms with Gasteiger partial charge in [0.1, 0.15) is 40.5 Å². The Bertz CT molecular complexity index is 2870. The highest BCUT2D eigenvalue weighted by molar-refractivity contribution is 6.05. The normalized spacial score (nSPS) is 14.9. The molecule has 21 nitrogen and oxygen atoms in total. The summed E-state index contributed by atoms with van der Waals surface area (Å²) in [5.74, 6) is -0.904. The van der Waals surface area contributed by atoms with Crippen LogP contribution in [0, 0.1) is 13.8 Å². The number of rotatable bonds is 19. The first-order valence-corrected chi connectivity index (χ1v) is 22.9. The fraction of sp³-hybridized carbons (Fsp3) is 0.457. The molecule has 6 heterocycles. The standard InChI is InChI=1S/C46H58N14O7/c1-6-58-34(19-27(3)53-58)43(64)51-45-49-32-21-29(41(47)62)23-36(66-18-12-14-55(5)38(61)25-56-15-9-8-10-16-56)39(32)57(45)17-11-13-31-26-67-37-24-30(42(48)63)22-33-40(37)60(31)46(50-33)52-44(65)35-20-28(4)54-59(35)7-2/h19-24,31H,6-18,25-26H2,1-5H3,(H2,47,62)(H2,48,63)(H,49,51,64)(H,50,52,65)/t31-/m0/s1. The van der Waals surface area contributed by atoms with E-state index >= 15 is 0 Å². The number of ether oxygens (including phenoxy) is 2. The molecule has 0 radical (unpaired) electrons. The van der Waals surface area contributed by atoms with Gasteiger partial charge in [-0.3, -0.25) is 48.9 Å². The monoisotopic (exact) mass is 918 g/mol. The summed E-state index contributed by atoms with van der Waals surface area (Å²) in [7, 11) is 1.79. The van der Waals surface area contributed by atoms with E-state index in [-0.39, 0.29) is 48.2 Å². The van der Waals surface area contributed by atoms with Crippen molar-refractivity contribution >= 4 is 63.5 Å². The second-order valence-corrected chi connectivity index (χ2v) is 17.1. The van der Waals surface area contributed by atoms with Gasteiger partial charge >= 0.3 is 0 Å². The summed E-state index contributed by atoms with van der Waals surface area (Å²) in [5, 5.41) is 14.9. The Morgan fingerprint density at radius 1 is 0.791 bits per heavy atom. The molecule has 0 bridgehead atoms. The fourth-order valence-electron chi connectivity index (χ4n) is 8.95. The van der Waals surface area contributed by atoms with Crippen molar-refractivity contribution in [2.24, 2.45) is 11.5 Å². The van der Waals surface area contributed by atoms with Gasteiger partial charge < -0.3 is 35.0 Å². The average Bonchev–Trinajstić information content (AvgIpc) is 4.08. The number of amides is 5. The Kier molecular flexibility index (Phi) is 13.6. The molecule has 5 amide bonds. The Balaban J connectivity index is 1.09. The van der Waals surface area contributed by atoms with Crippen LogP contribution in [-0.4, -0.2) is 124 Å². The van der Waals surface area contributed by atoms with E-state index in [1.807, 2.05) is 36.8 Å². The number of aromatic nitrogens is 8. The van der Waals surface area contributed by atoms with Crippen molar-refractivity contribution < 1.29 is 33.4 Å². The predicted octanol–water partition coefficient (Wildman–Crippen LogP) is 4.27. The van der Waals surface area contributed by atoms with Crippen molar-refractivity contribution in [2.75, 3.05) is 57.1 Å². The maximum Gasteiger partial charge on any atom is 0.276 e. The summed E-state index contributed by atoms with van der Waals surface area (Å²) in [6, 6.07) is 9.35. The number of piperidine rings is 1. The fourth-order valence-corrected chi connectivity index (χ4v) is 8.95. The van der Waals surface area contributed by atoms with Gasteiger partial charge in [0.2, 0.25) is 29.6 Å². The molecule has 2 aliphatic heterocycles. The molecular weight excluding hydrogens is 861 g/mol. The van der Waals surface area contributed by atoms with Gasteiger partial charge in [-0.05, 0) is 109 Å². The lowest BCUT2D eigenvalue weighted by Crippen LogP contribution is -2.41. The molecule has 0 aliphatic carbocycles. The van der Waals surface area contributed by atoms with Crippen LogP contribution >= 0.6 is 0 Å². The summed E-state index contributed by atoms with van der Waals surface area (Å²) in [4.78, 5) is 79.3. The van der Waals surface area contributed by atoms with Gasteiger partial charge in [0.05, 0.1) is 41.6 Å². The Labute approximate surface area is 386 Å². The van der Waals surface area contributed by atoms with E-state index < -0.39 is 23.6 Å². The summed E-state index contributed by atoms with van der Waals surface area (Å²) < 4.78 is 19.7. The number of hydrogen-bond acceptors (Lipinski definition) is 12. The molecule has 354 valence electrons. The lowest BCUT2D eigenvalue weighted by atomic mass is 10.1. The van der Waals surface area contributed by atoms with Crippen LogP contribution in [0.25, 0.3) is 22.1 Å². The minimum Gasteiger partial charge on any atom is -0.491 e. The number of anilines is 2. The SMILES string of the molecule is CCn1nc(C)cc1C(=O)Nc1nc2cc(C(N)=O)cc(OCCCN(C)C(=O)CN3CCCCC3)c2n1CCC[C@H]1COc2cc(C(N)=O)cc3nc(NC(=O)c4cc(C)nn4CC)n1c23. The lowest BCUT2D eigenvalue weighted by Gasteiger charge is -2.28. The molecule has 6 N–H and O–H groups in total. The second-order valence-electron chi connectivity index (χ2n) is 17.1. The van der Waals surface area contributed by atoms with Crippen LogP contribution in [-0.2, 0) is 24.4 Å². The van der Waals surface area contributed by atoms with Gasteiger partial charge in [-0.1, -0.05) is 6.42 Å². The van der Waals surface area contributed by atoms with E-state index in [9.17, 15) is 24.0 Å². The number of fused-ring (bicyclic) bond motifs is 1. The molecule has 21 heteroatoms. The zero-order valence-electron chi connectivity index (χ0n) is 38.6. The van der Waals surface area contributed by atoms with Crippen molar-refractivity contribution in [3.8, 4) is 11.5 Å². The number of likely N-dealkylation sites (tertiary alicyclic amines) is 1. The summed E-state index contributed by atoms with van der Waals surface area (Å²) >= 11 is 0. The molecule has 0 saturated carbocycles. The number of carbonyl (C=O) groups is 5. The quantitative estimate of drug-likeness (QED) is 0.0832. The number of benzene rings is 2. The first-order chi connectivity index (χ1) is 32.2. The number of nitrogens with two attached hydrogens (primary N) is 2. The molecule has 1 atom stereocenters. The highest BCUT2D eigenvalue weighted by atomic mass is 16.5. The molecule has 2 aliphatic rings. The van der Waals surface area contributed by atoms with E-state index in [1.165, 1.54) is 6.42 Å². The van der Waals surface area contributed by atoms with Crippen LogP contribution in [0.1, 0.15) is 111 Å².